The predicted molar refractivity (Wildman–Crippen MR) is 88.2 cm³/mol. The molecule has 24 heavy (non-hydrogen) atoms. The summed E-state index contributed by atoms with van der Waals surface area (Å²) < 4.78 is 26.6. The Morgan fingerprint density at radius 3 is 2.33 bits per heavy atom. The zero-order valence-corrected chi connectivity index (χ0v) is 14.4. The van der Waals surface area contributed by atoms with Gasteiger partial charge in [-0.05, 0) is 43.0 Å². The maximum absolute atomic E-state index is 12.6. The smallest absolute Gasteiger partial charge is 0.305 e. The number of carboxylic acid groups (broad SMARTS) is 1. The molecule has 1 aromatic carbocycles. The van der Waals surface area contributed by atoms with Crippen LogP contribution in [0.25, 0.3) is 0 Å². The highest BCUT2D eigenvalue weighted by Crippen LogP contribution is 2.23. The van der Waals surface area contributed by atoms with E-state index in [0.717, 1.165) is 12.8 Å². The van der Waals surface area contributed by atoms with Crippen molar-refractivity contribution in [1.82, 2.24) is 9.62 Å². The standard InChI is InChI=1S/C16H22N2O5S/c1-12-7-10-18(11-8-12)24(22,23)14-4-2-13(3-5-14)16(21)17-9-6-15(19)20/h2-5,12H,6-11H2,1H3,(H,17,21)(H,19,20). The van der Waals surface area contributed by atoms with Crippen LogP contribution in [-0.2, 0) is 14.8 Å². The van der Waals surface area contributed by atoms with Crippen molar-refractivity contribution in [2.75, 3.05) is 19.6 Å². The van der Waals surface area contributed by atoms with Crippen LogP contribution in [0.2, 0.25) is 0 Å². The quantitative estimate of drug-likeness (QED) is 0.802. The molecule has 0 atom stereocenters. The molecule has 0 radical (unpaired) electrons. The van der Waals surface area contributed by atoms with Crippen molar-refractivity contribution in [1.29, 1.82) is 0 Å². The van der Waals surface area contributed by atoms with E-state index >= 15 is 0 Å². The fourth-order valence-corrected chi connectivity index (χ4v) is 4.01. The molecule has 7 nitrogen and oxygen atoms in total. The van der Waals surface area contributed by atoms with E-state index in [1.54, 1.807) is 0 Å². The molecule has 2 N–H and O–H groups in total. The molecule has 0 aliphatic carbocycles. The highest BCUT2D eigenvalue weighted by molar-refractivity contribution is 7.89. The van der Waals surface area contributed by atoms with E-state index < -0.39 is 21.9 Å². The van der Waals surface area contributed by atoms with Crippen LogP contribution in [0.4, 0.5) is 0 Å². The summed E-state index contributed by atoms with van der Waals surface area (Å²) in [6, 6.07) is 5.71. The monoisotopic (exact) mass is 354 g/mol. The number of benzene rings is 1. The molecular weight excluding hydrogens is 332 g/mol. The lowest BCUT2D eigenvalue weighted by Gasteiger charge is -2.29. The molecule has 2 rings (SSSR count). The Labute approximate surface area is 141 Å². The third-order valence-corrected chi connectivity index (χ3v) is 6.03. The highest BCUT2D eigenvalue weighted by atomic mass is 32.2. The van der Waals surface area contributed by atoms with Gasteiger partial charge in [0.05, 0.1) is 11.3 Å². The average Bonchev–Trinajstić information content (AvgIpc) is 2.55. The number of piperidine rings is 1. The summed E-state index contributed by atoms with van der Waals surface area (Å²) >= 11 is 0. The van der Waals surface area contributed by atoms with Gasteiger partial charge in [-0.25, -0.2) is 8.42 Å². The number of hydrogen-bond acceptors (Lipinski definition) is 4. The van der Waals surface area contributed by atoms with Crippen molar-refractivity contribution in [3.63, 3.8) is 0 Å². The van der Waals surface area contributed by atoms with Crippen LogP contribution in [0, 0.1) is 5.92 Å². The highest BCUT2D eigenvalue weighted by Gasteiger charge is 2.28. The molecule has 1 saturated heterocycles. The van der Waals surface area contributed by atoms with Gasteiger partial charge in [0.25, 0.3) is 5.91 Å². The minimum Gasteiger partial charge on any atom is -0.481 e. The molecule has 1 amide bonds. The number of nitrogens with one attached hydrogen (secondary N) is 1. The third-order valence-electron chi connectivity index (χ3n) is 4.12. The van der Waals surface area contributed by atoms with Gasteiger partial charge in [0.2, 0.25) is 10.0 Å². The van der Waals surface area contributed by atoms with Gasteiger partial charge < -0.3 is 10.4 Å². The second-order valence-electron chi connectivity index (χ2n) is 6.01. The number of sulfonamides is 1. The normalized spacial score (nSPS) is 16.7. The number of hydrogen-bond donors (Lipinski definition) is 2. The van der Waals surface area contributed by atoms with Crippen molar-refractivity contribution in [3.8, 4) is 0 Å². The summed E-state index contributed by atoms with van der Waals surface area (Å²) in [5.41, 5.74) is 0.298. The number of amides is 1. The number of rotatable bonds is 6. The molecule has 1 aromatic rings. The van der Waals surface area contributed by atoms with Crippen molar-refractivity contribution >= 4 is 21.9 Å². The Hall–Kier alpha value is -1.93. The second kappa shape index (κ2) is 7.76. The van der Waals surface area contributed by atoms with Crippen molar-refractivity contribution in [3.05, 3.63) is 29.8 Å². The lowest BCUT2D eigenvalue weighted by molar-refractivity contribution is -0.136. The van der Waals surface area contributed by atoms with Crippen molar-refractivity contribution in [2.45, 2.75) is 31.1 Å². The second-order valence-corrected chi connectivity index (χ2v) is 7.95. The number of aliphatic carboxylic acids is 1. The van der Waals surface area contributed by atoms with E-state index in [1.807, 2.05) is 0 Å². The summed E-state index contributed by atoms with van der Waals surface area (Å²) in [4.78, 5) is 22.4. The van der Waals surface area contributed by atoms with Crippen LogP contribution in [0.15, 0.2) is 29.2 Å². The predicted octanol–water partition coefficient (Wildman–Crippen LogP) is 1.31. The Morgan fingerprint density at radius 2 is 1.79 bits per heavy atom. The van der Waals surface area contributed by atoms with Crippen molar-refractivity contribution in [2.24, 2.45) is 5.92 Å². The van der Waals surface area contributed by atoms with E-state index in [9.17, 15) is 18.0 Å². The maximum atomic E-state index is 12.6. The Kier molecular flexibility index (Phi) is 5.95. The summed E-state index contributed by atoms with van der Waals surface area (Å²) in [5, 5.41) is 11.0. The molecule has 0 aromatic heterocycles. The Balaban J connectivity index is 2.03. The first kappa shape index (κ1) is 18.4. The number of carbonyl (C=O) groups excluding carboxylic acids is 1. The van der Waals surface area contributed by atoms with Crippen LogP contribution in [0.1, 0.15) is 36.5 Å². The van der Waals surface area contributed by atoms with Crippen molar-refractivity contribution < 1.29 is 23.1 Å². The number of nitrogens with zero attached hydrogens (tertiary/aromatic N) is 1. The van der Waals surface area contributed by atoms with Gasteiger partial charge in [0.1, 0.15) is 0 Å². The molecule has 0 saturated carbocycles. The van der Waals surface area contributed by atoms with Crippen LogP contribution in [0.3, 0.4) is 0 Å². The molecule has 0 bridgehead atoms. The van der Waals surface area contributed by atoms with Gasteiger partial charge in [-0.3, -0.25) is 9.59 Å². The Morgan fingerprint density at radius 1 is 1.21 bits per heavy atom. The van der Waals surface area contributed by atoms with E-state index in [0.29, 0.717) is 24.6 Å². The summed E-state index contributed by atoms with van der Waals surface area (Å²) in [7, 11) is -3.53. The van der Waals surface area contributed by atoms with E-state index in [1.165, 1.54) is 28.6 Å². The van der Waals surface area contributed by atoms with Gasteiger partial charge in [-0.2, -0.15) is 4.31 Å². The third kappa shape index (κ3) is 4.55. The molecule has 0 spiro atoms. The molecule has 1 fully saturated rings. The van der Waals surface area contributed by atoms with Crippen LogP contribution in [-0.4, -0.2) is 49.3 Å². The lowest BCUT2D eigenvalue weighted by atomic mass is 10.0. The van der Waals surface area contributed by atoms with E-state index in [2.05, 4.69) is 12.2 Å². The fourth-order valence-electron chi connectivity index (χ4n) is 2.54. The summed E-state index contributed by atoms with van der Waals surface area (Å²) in [5.74, 6) is -0.882. The lowest BCUT2D eigenvalue weighted by Crippen LogP contribution is -2.37. The summed E-state index contributed by atoms with van der Waals surface area (Å²) in [6.45, 7) is 3.17. The minimum absolute atomic E-state index is 0.0280. The van der Waals surface area contributed by atoms with Gasteiger partial charge in [0.15, 0.2) is 0 Å². The van der Waals surface area contributed by atoms with Gasteiger partial charge in [0, 0.05) is 25.2 Å². The maximum Gasteiger partial charge on any atom is 0.305 e. The zero-order valence-electron chi connectivity index (χ0n) is 13.6. The van der Waals surface area contributed by atoms with Crippen LogP contribution in [0.5, 0.6) is 0 Å². The molecule has 1 aliphatic heterocycles. The summed E-state index contributed by atoms with van der Waals surface area (Å²) in [6.07, 6.45) is 1.54. The number of carbonyl (C=O) groups is 2. The number of carboxylic acids is 1. The zero-order chi connectivity index (χ0) is 17.7. The van der Waals surface area contributed by atoms with Crippen LogP contribution < -0.4 is 5.32 Å². The van der Waals surface area contributed by atoms with E-state index in [-0.39, 0.29) is 17.9 Å². The Bertz CT molecular complexity index is 692. The van der Waals surface area contributed by atoms with Gasteiger partial charge in [-0.1, -0.05) is 6.92 Å². The largest absolute Gasteiger partial charge is 0.481 e. The first-order chi connectivity index (χ1) is 11.3. The van der Waals surface area contributed by atoms with Gasteiger partial charge >= 0.3 is 5.97 Å². The molecule has 1 aliphatic rings. The molecule has 1 heterocycles. The first-order valence-corrected chi connectivity index (χ1v) is 9.35. The average molecular weight is 354 g/mol. The molecule has 132 valence electrons. The fraction of sp³-hybridized carbons (Fsp3) is 0.500. The first-order valence-electron chi connectivity index (χ1n) is 7.91. The minimum atomic E-state index is -3.53. The molecule has 0 unspecified atom stereocenters. The van der Waals surface area contributed by atoms with Crippen LogP contribution >= 0.6 is 0 Å². The van der Waals surface area contributed by atoms with Gasteiger partial charge in [-0.15, -0.1) is 0 Å². The molecule has 8 heteroatoms. The topological polar surface area (TPSA) is 104 Å². The van der Waals surface area contributed by atoms with E-state index in [4.69, 9.17) is 5.11 Å². The SMILES string of the molecule is CC1CCN(S(=O)(=O)c2ccc(C(=O)NCCC(=O)O)cc2)CC1. The molecular formula is C16H22N2O5S.